The van der Waals surface area contributed by atoms with E-state index in [4.69, 9.17) is 9.15 Å². The van der Waals surface area contributed by atoms with E-state index in [2.05, 4.69) is 27.5 Å². The molecule has 2 aromatic heterocycles. The normalized spacial score (nSPS) is 13.9. The van der Waals surface area contributed by atoms with Gasteiger partial charge in [0.25, 0.3) is 0 Å². The van der Waals surface area contributed by atoms with Crippen LogP contribution in [0.4, 0.5) is 0 Å². The highest BCUT2D eigenvalue weighted by atomic mass is 16.5. The molecule has 2 aromatic rings. The highest BCUT2D eigenvalue weighted by molar-refractivity contribution is 5.79. The predicted molar refractivity (Wildman–Crippen MR) is 111 cm³/mol. The van der Waals surface area contributed by atoms with E-state index in [0.29, 0.717) is 38.1 Å². The maximum Gasteiger partial charge on any atom is 0.218 e. The number of furan rings is 1. The number of nitrogens with one attached hydrogen (secondary N) is 2. The molecule has 28 heavy (non-hydrogen) atoms. The van der Waals surface area contributed by atoms with Gasteiger partial charge in [-0.3, -0.25) is 0 Å². The molecule has 1 atom stereocenters. The SMILES string of the molecule is CCCOc1ncccc1CN=C(NCC)NCC(C)(O)c1cc(C)oc1C. The summed E-state index contributed by atoms with van der Waals surface area (Å²) < 4.78 is 11.2. The van der Waals surface area contributed by atoms with E-state index in [1.165, 1.54) is 0 Å². The van der Waals surface area contributed by atoms with Crippen LogP contribution in [-0.2, 0) is 12.1 Å². The Morgan fingerprint density at radius 1 is 1.32 bits per heavy atom. The first-order chi connectivity index (χ1) is 13.4. The molecule has 2 heterocycles. The lowest BCUT2D eigenvalue weighted by atomic mass is 9.96. The quantitative estimate of drug-likeness (QED) is 0.452. The summed E-state index contributed by atoms with van der Waals surface area (Å²) in [6.45, 7) is 11.6. The van der Waals surface area contributed by atoms with E-state index < -0.39 is 5.60 Å². The van der Waals surface area contributed by atoms with Crippen molar-refractivity contribution in [3.05, 3.63) is 47.0 Å². The van der Waals surface area contributed by atoms with Crippen molar-refractivity contribution in [2.45, 2.75) is 53.2 Å². The maximum absolute atomic E-state index is 10.9. The topological polar surface area (TPSA) is 91.9 Å². The first-order valence-electron chi connectivity index (χ1n) is 9.76. The smallest absolute Gasteiger partial charge is 0.218 e. The van der Waals surface area contributed by atoms with Gasteiger partial charge in [0.15, 0.2) is 5.96 Å². The Kier molecular flexibility index (Phi) is 7.87. The van der Waals surface area contributed by atoms with Crippen LogP contribution in [0.1, 0.15) is 49.8 Å². The van der Waals surface area contributed by atoms with Crippen LogP contribution < -0.4 is 15.4 Å². The summed E-state index contributed by atoms with van der Waals surface area (Å²) in [6.07, 6.45) is 2.64. The lowest BCUT2D eigenvalue weighted by Gasteiger charge is -2.24. The molecule has 0 aliphatic heterocycles. The summed E-state index contributed by atoms with van der Waals surface area (Å²) in [6, 6.07) is 5.70. The van der Waals surface area contributed by atoms with Gasteiger partial charge in [0.05, 0.1) is 19.7 Å². The molecular formula is C21H32N4O3. The van der Waals surface area contributed by atoms with E-state index in [9.17, 15) is 5.11 Å². The Bertz CT molecular complexity index is 784. The molecule has 0 amide bonds. The minimum absolute atomic E-state index is 0.297. The average molecular weight is 389 g/mol. The fraction of sp³-hybridized carbons (Fsp3) is 0.524. The van der Waals surface area contributed by atoms with Gasteiger partial charge in [0.2, 0.25) is 5.88 Å². The third-order valence-corrected chi connectivity index (χ3v) is 4.27. The van der Waals surface area contributed by atoms with Crippen LogP contribution in [0.2, 0.25) is 0 Å². The van der Waals surface area contributed by atoms with Crippen LogP contribution in [-0.4, -0.2) is 35.7 Å². The fourth-order valence-corrected chi connectivity index (χ4v) is 2.90. The highest BCUT2D eigenvalue weighted by Gasteiger charge is 2.27. The number of hydrogen-bond acceptors (Lipinski definition) is 5. The van der Waals surface area contributed by atoms with Crippen molar-refractivity contribution in [3.8, 4) is 5.88 Å². The lowest BCUT2D eigenvalue weighted by Crippen LogP contribution is -2.44. The van der Waals surface area contributed by atoms with Crippen molar-refractivity contribution in [2.24, 2.45) is 4.99 Å². The molecule has 2 rings (SSSR count). The number of aryl methyl sites for hydroxylation is 2. The van der Waals surface area contributed by atoms with Gasteiger partial charge in [-0.15, -0.1) is 0 Å². The molecule has 1 unspecified atom stereocenters. The lowest BCUT2D eigenvalue weighted by molar-refractivity contribution is 0.0601. The molecule has 0 aliphatic rings. The number of aliphatic hydroxyl groups is 1. The third-order valence-electron chi connectivity index (χ3n) is 4.27. The van der Waals surface area contributed by atoms with E-state index in [-0.39, 0.29) is 0 Å². The molecule has 0 aromatic carbocycles. The van der Waals surface area contributed by atoms with Gasteiger partial charge in [-0.1, -0.05) is 13.0 Å². The Labute approximate surface area is 167 Å². The minimum atomic E-state index is -1.08. The number of rotatable bonds is 9. The summed E-state index contributed by atoms with van der Waals surface area (Å²) in [5.41, 5.74) is 0.610. The van der Waals surface area contributed by atoms with E-state index in [1.54, 1.807) is 13.1 Å². The van der Waals surface area contributed by atoms with Crippen molar-refractivity contribution in [3.63, 3.8) is 0 Å². The predicted octanol–water partition coefficient (Wildman–Crippen LogP) is 3.04. The van der Waals surface area contributed by atoms with Crippen LogP contribution in [0.25, 0.3) is 0 Å². The monoisotopic (exact) mass is 388 g/mol. The zero-order valence-electron chi connectivity index (χ0n) is 17.5. The van der Waals surface area contributed by atoms with Gasteiger partial charge >= 0.3 is 0 Å². The summed E-state index contributed by atoms with van der Waals surface area (Å²) in [5, 5.41) is 17.3. The number of ether oxygens (including phenoxy) is 1. The fourth-order valence-electron chi connectivity index (χ4n) is 2.90. The Hall–Kier alpha value is -2.54. The van der Waals surface area contributed by atoms with Crippen LogP contribution in [0.5, 0.6) is 5.88 Å². The van der Waals surface area contributed by atoms with Gasteiger partial charge in [-0.05, 0) is 46.2 Å². The molecule has 7 heteroatoms. The summed E-state index contributed by atoms with van der Waals surface area (Å²) >= 11 is 0. The number of aromatic nitrogens is 1. The number of nitrogens with zero attached hydrogens (tertiary/aromatic N) is 2. The molecule has 3 N–H and O–H groups in total. The third kappa shape index (κ3) is 5.99. The zero-order chi connectivity index (χ0) is 20.6. The largest absolute Gasteiger partial charge is 0.477 e. The Morgan fingerprint density at radius 3 is 2.75 bits per heavy atom. The molecule has 0 saturated carbocycles. The summed E-state index contributed by atoms with van der Waals surface area (Å²) in [5.74, 6) is 2.73. The molecule has 0 aliphatic carbocycles. The number of hydrogen-bond donors (Lipinski definition) is 3. The first-order valence-corrected chi connectivity index (χ1v) is 9.76. The van der Waals surface area contributed by atoms with E-state index >= 15 is 0 Å². The molecule has 0 saturated heterocycles. The molecule has 0 bridgehead atoms. The van der Waals surface area contributed by atoms with Crippen molar-refractivity contribution < 1.29 is 14.3 Å². The van der Waals surface area contributed by atoms with Crippen molar-refractivity contribution >= 4 is 5.96 Å². The first kappa shape index (κ1) is 21.8. The minimum Gasteiger partial charge on any atom is -0.477 e. The van der Waals surface area contributed by atoms with Gasteiger partial charge in [0, 0.05) is 23.9 Å². The second-order valence-electron chi connectivity index (χ2n) is 6.97. The molecule has 0 spiro atoms. The second kappa shape index (κ2) is 10.1. The highest BCUT2D eigenvalue weighted by Crippen LogP contribution is 2.26. The average Bonchev–Trinajstić information content (AvgIpc) is 3.02. The Morgan fingerprint density at radius 2 is 2.11 bits per heavy atom. The van der Waals surface area contributed by atoms with Gasteiger partial charge < -0.3 is 24.9 Å². The molecule has 0 radical (unpaired) electrons. The number of aliphatic imine (C=N–C) groups is 1. The molecule has 154 valence electrons. The van der Waals surface area contributed by atoms with Gasteiger partial charge in [-0.2, -0.15) is 0 Å². The van der Waals surface area contributed by atoms with Crippen molar-refractivity contribution in [2.75, 3.05) is 19.7 Å². The van der Waals surface area contributed by atoms with Crippen LogP contribution in [0.3, 0.4) is 0 Å². The zero-order valence-corrected chi connectivity index (χ0v) is 17.5. The molecule has 7 nitrogen and oxygen atoms in total. The van der Waals surface area contributed by atoms with Crippen LogP contribution in [0, 0.1) is 13.8 Å². The standard InChI is InChI=1S/C21H32N4O3/c1-6-11-27-19-17(9-8-10-23-19)13-24-20(22-7-2)25-14-21(5,26)18-12-15(3)28-16(18)4/h8-10,12,26H,6-7,11,13-14H2,1-5H3,(H2,22,24,25). The number of guanidine groups is 1. The number of pyridine rings is 1. The van der Waals surface area contributed by atoms with Gasteiger partial charge in [0.1, 0.15) is 17.1 Å². The maximum atomic E-state index is 10.9. The molecule has 0 fully saturated rings. The Balaban J connectivity index is 2.08. The summed E-state index contributed by atoms with van der Waals surface area (Å²) in [7, 11) is 0. The van der Waals surface area contributed by atoms with Crippen LogP contribution >= 0.6 is 0 Å². The van der Waals surface area contributed by atoms with Crippen molar-refractivity contribution in [1.82, 2.24) is 15.6 Å². The van der Waals surface area contributed by atoms with Gasteiger partial charge in [-0.25, -0.2) is 9.98 Å². The van der Waals surface area contributed by atoms with Crippen LogP contribution in [0.15, 0.2) is 33.8 Å². The summed E-state index contributed by atoms with van der Waals surface area (Å²) in [4.78, 5) is 8.91. The second-order valence-corrected chi connectivity index (χ2v) is 6.97. The van der Waals surface area contributed by atoms with Crippen molar-refractivity contribution in [1.29, 1.82) is 0 Å². The van der Waals surface area contributed by atoms with E-state index in [1.807, 2.05) is 39.0 Å². The van der Waals surface area contributed by atoms with E-state index in [0.717, 1.165) is 29.1 Å². The molecular weight excluding hydrogens is 356 g/mol.